The molecule has 3 aromatic rings. The van der Waals surface area contributed by atoms with Crippen LogP contribution in [0.5, 0.6) is 5.88 Å². The molecule has 3 rings (SSSR count). The molecule has 0 saturated carbocycles. The lowest BCUT2D eigenvalue weighted by Gasteiger charge is -2.10. The smallest absolute Gasteiger partial charge is 0.344 e. The number of aryl methyl sites for hydroxylation is 2. The molecule has 0 fully saturated rings. The van der Waals surface area contributed by atoms with Gasteiger partial charge in [-0.15, -0.1) is 0 Å². The average Bonchev–Trinajstić information content (AvgIpc) is 3.23. The van der Waals surface area contributed by atoms with Gasteiger partial charge in [0.05, 0.1) is 0 Å². The van der Waals surface area contributed by atoms with Gasteiger partial charge in [-0.05, 0) is 37.6 Å². The summed E-state index contributed by atoms with van der Waals surface area (Å²) in [5, 5.41) is 3.61. The number of Topliss-reactive ketones (excluding diaryl/α,β-unsaturated/α-hetero) is 1. The van der Waals surface area contributed by atoms with Crippen molar-refractivity contribution < 1.29 is 23.6 Å². The number of rotatable bonds is 8. The van der Waals surface area contributed by atoms with Crippen LogP contribution in [0.15, 0.2) is 47.0 Å². The molecule has 2 heterocycles. The standard InChI is InChI=1S/C21H22N2O5/c1-14-9-18(16(3)23(14)11-17-7-5-4-6-8-17)19(24)12-27-21(25)13-26-20-10-15(2)28-22-20/h4-10H,11-13H2,1-3H3. The first-order valence-electron chi connectivity index (χ1n) is 8.89. The molecule has 0 atom stereocenters. The van der Waals surface area contributed by atoms with Crippen molar-refractivity contribution >= 4 is 11.8 Å². The summed E-state index contributed by atoms with van der Waals surface area (Å²) in [5.41, 5.74) is 3.52. The van der Waals surface area contributed by atoms with E-state index in [2.05, 4.69) is 9.72 Å². The van der Waals surface area contributed by atoms with E-state index in [1.165, 1.54) is 0 Å². The van der Waals surface area contributed by atoms with Crippen LogP contribution < -0.4 is 4.74 Å². The Morgan fingerprint density at radius 3 is 2.50 bits per heavy atom. The van der Waals surface area contributed by atoms with E-state index in [-0.39, 0.29) is 24.9 Å². The summed E-state index contributed by atoms with van der Waals surface area (Å²) >= 11 is 0. The third-order valence-corrected chi connectivity index (χ3v) is 4.37. The normalized spacial score (nSPS) is 10.7. The van der Waals surface area contributed by atoms with Crippen molar-refractivity contribution in [2.24, 2.45) is 0 Å². The predicted molar refractivity (Wildman–Crippen MR) is 101 cm³/mol. The number of carbonyl (C=O) groups excluding carboxylic acids is 2. The third kappa shape index (κ3) is 4.68. The van der Waals surface area contributed by atoms with Crippen LogP contribution in [0.1, 0.15) is 33.1 Å². The van der Waals surface area contributed by atoms with Crippen LogP contribution in [0.25, 0.3) is 0 Å². The van der Waals surface area contributed by atoms with Crippen LogP contribution in [0.3, 0.4) is 0 Å². The Labute approximate surface area is 162 Å². The number of hydrogen-bond donors (Lipinski definition) is 0. The van der Waals surface area contributed by atoms with Crippen molar-refractivity contribution in [3.8, 4) is 5.88 Å². The van der Waals surface area contributed by atoms with Gasteiger partial charge < -0.3 is 18.6 Å². The van der Waals surface area contributed by atoms with Gasteiger partial charge in [-0.3, -0.25) is 4.79 Å². The van der Waals surface area contributed by atoms with Gasteiger partial charge in [-0.2, -0.15) is 0 Å². The van der Waals surface area contributed by atoms with Gasteiger partial charge in [0, 0.05) is 29.6 Å². The van der Waals surface area contributed by atoms with Gasteiger partial charge in [0.25, 0.3) is 5.88 Å². The Hall–Kier alpha value is -3.35. The summed E-state index contributed by atoms with van der Waals surface area (Å²) in [6.45, 7) is 5.55. The molecule has 7 heteroatoms. The first kappa shape index (κ1) is 19.4. The second-order valence-corrected chi connectivity index (χ2v) is 6.50. The van der Waals surface area contributed by atoms with Crippen molar-refractivity contribution in [3.63, 3.8) is 0 Å². The molecule has 0 spiro atoms. The molecule has 0 N–H and O–H groups in total. The molecule has 0 aliphatic rings. The zero-order chi connectivity index (χ0) is 20.1. The van der Waals surface area contributed by atoms with E-state index in [0.717, 1.165) is 17.0 Å². The van der Waals surface area contributed by atoms with E-state index in [1.54, 1.807) is 13.0 Å². The van der Waals surface area contributed by atoms with Crippen LogP contribution >= 0.6 is 0 Å². The number of aromatic nitrogens is 2. The minimum atomic E-state index is -0.646. The van der Waals surface area contributed by atoms with Gasteiger partial charge in [-0.25, -0.2) is 4.79 Å². The highest BCUT2D eigenvalue weighted by molar-refractivity contribution is 5.99. The Balaban J connectivity index is 1.56. The second-order valence-electron chi connectivity index (χ2n) is 6.50. The zero-order valence-corrected chi connectivity index (χ0v) is 16.1. The number of nitrogens with zero attached hydrogens (tertiary/aromatic N) is 2. The molecule has 0 saturated heterocycles. The minimum Gasteiger partial charge on any atom is -0.463 e. The third-order valence-electron chi connectivity index (χ3n) is 4.37. The Kier molecular flexibility index (Phi) is 5.93. The fourth-order valence-electron chi connectivity index (χ4n) is 2.90. The van der Waals surface area contributed by atoms with E-state index in [0.29, 0.717) is 17.9 Å². The van der Waals surface area contributed by atoms with E-state index >= 15 is 0 Å². The molecular weight excluding hydrogens is 360 g/mol. The topological polar surface area (TPSA) is 83.6 Å². The van der Waals surface area contributed by atoms with Crippen LogP contribution in [0.2, 0.25) is 0 Å². The molecule has 0 radical (unpaired) electrons. The summed E-state index contributed by atoms with van der Waals surface area (Å²) in [6.07, 6.45) is 0. The number of ketones is 1. The van der Waals surface area contributed by atoms with Gasteiger partial charge >= 0.3 is 5.97 Å². The van der Waals surface area contributed by atoms with Crippen molar-refractivity contribution in [1.29, 1.82) is 0 Å². The average molecular weight is 382 g/mol. The molecule has 0 aliphatic carbocycles. The van der Waals surface area contributed by atoms with Crippen molar-refractivity contribution in [1.82, 2.24) is 9.72 Å². The summed E-state index contributed by atoms with van der Waals surface area (Å²) in [4.78, 5) is 24.3. The summed E-state index contributed by atoms with van der Waals surface area (Å²) in [6, 6.07) is 13.4. The van der Waals surface area contributed by atoms with Crippen molar-refractivity contribution in [3.05, 3.63) is 70.7 Å². The maximum absolute atomic E-state index is 12.5. The quantitative estimate of drug-likeness (QED) is 0.439. The fraction of sp³-hybridized carbons (Fsp3) is 0.286. The lowest BCUT2D eigenvalue weighted by molar-refractivity contribution is -0.144. The number of esters is 1. The molecule has 146 valence electrons. The zero-order valence-electron chi connectivity index (χ0n) is 16.1. The first-order valence-corrected chi connectivity index (χ1v) is 8.89. The van der Waals surface area contributed by atoms with Crippen LogP contribution in [-0.4, -0.2) is 34.7 Å². The highest BCUT2D eigenvalue weighted by atomic mass is 16.6. The van der Waals surface area contributed by atoms with Crippen LogP contribution in [0.4, 0.5) is 0 Å². The molecule has 2 aromatic heterocycles. The van der Waals surface area contributed by atoms with E-state index in [9.17, 15) is 9.59 Å². The largest absolute Gasteiger partial charge is 0.463 e. The summed E-state index contributed by atoms with van der Waals surface area (Å²) in [7, 11) is 0. The molecule has 1 aromatic carbocycles. The molecule has 0 amide bonds. The highest BCUT2D eigenvalue weighted by Gasteiger charge is 2.18. The van der Waals surface area contributed by atoms with E-state index in [4.69, 9.17) is 14.0 Å². The summed E-state index contributed by atoms with van der Waals surface area (Å²) < 4.78 is 17.1. The van der Waals surface area contributed by atoms with Crippen molar-refractivity contribution in [2.75, 3.05) is 13.2 Å². The fourth-order valence-corrected chi connectivity index (χ4v) is 2.90. The van der Waals surface area contributed by atoms with E-state index < -0.39 is 5.97 Å². The molecule has 28 heavy (non-hydrogen) atoms. The van der Waals surface area contributed by atoms with Gasteiger partial charge in [0.1, 0.15) is 5.76 Å². The van der Waals surface area contributed by atoms with Crippen molar-refractivity contribution in [2.45, 2.75) is 27.3 Å². The number of carbonyl (C=O) groups is 2. The second kappa shape index (κ2) is 8.56. The molecule has 0 unspecified atom stereocenters. The molecule has 0 aliphatic heterocycles. The predicted octanol–water partition coefficient (Wildman–Crippen LogP) is 3.25. The molecular formula is C21H22N2O5. The Bertz CT molecular complexity index is 972. The lowest BCUT2D eigenvalue weighted by atomic mass is 10.1. The maximum atomic E-state index is 12.5. The van der Waals surface area contributed by atoms with Crippen LogP contribution in [0, 0.1) is 20.8 Å². The number of ether oxygens (including phenoxy) is 2. The van der Waals surface area contributed by atoms with E-state index in [1.807, 2.05) is 50.2 Å². The lowest BCUT2D eigenvalue weighted by Crippen LogP contribution is -2.20. The maximum Gasteiger partial charge on any atom is 0.344 e. The minimum absolute atomic E-state index is 0.199. The van der Waals surface area contributed by atoms with Gasteiger partial charge in [0.15, 0.2) is 13.2 Å². The Morgan fingerprint density at radius 1 is 1.07 bits per heavy atom. The number of benzene rings is 1. The van der Waals surface area contributed by atoms with Crippen LogP contribution in [-0.2, 0) is 16.1 Å². The highest BCUT2D eigenvalue weighted by Crippen LogP contribution is 2.18. The summed E-state index contributed by atoms with van der Waals surface area (Å²) in [5.74, 6) is -0.125. The van der Waals surface area contributed by atoms with Gasteiger partial charge in [-0.1, -0.05) is 30.3 Å². The Morgan fingerprint density at radius 2 is 1.82 bits per heavy atom. The molecule has 0 bridgehead atoms. The molecule has 7 nitrogen and oxygen atoms in total. The SMILES string of the molecule is Cc1cc(OCC(=O)OCC(=O)c2cc(C)n(Cc3ccccc3)c2C)no1. The van der Waals surface area contributed by atoms with Gasteiger partial charge in [0.2, 0.25) is 5.78 Å². The number of hydrogen-bond acceptors (Lipinski definition) is 6. The first-order chi connectivity index (χ1) is 13.4. The monoisotopic (exact) mass is 382 g/mol.